The number of hydrogen-bond acceptors (Lipinski definition) is 3. The first-order valence-electron chi connectivity index (χ1n) is 7.55. The Kier molecular flexibility index (Phi) is 6.01. The number of benzene rings is 1. The number of halogens is 1. The van der Waals surface area contributed by atoms with Gasteiger partial charge in [0.25, 0.3) is 0 Å². The van der Waals surface area contributed by atoms with Crippen molar-refractivity contribution in [3.8, 4) is 11.3 Å². The second kappa shape index (κ2) is 7.99. The van der Waals surface area contributed by atoms with Gasteiger partial charge in [0.15, 0.2) is 11.7 Å². The van der Waals surface area contributed by atoms with Gasteiger partial charge in [-0.2, -0.15) is 0 Å². The molecule has 0 bridgehead atoms. The quantitative estimate of drug-likeness (QED) is 0.768. The Balaban J connectivity index is 1.93. The van der Waals surface area contributed by atoms with Crippen LogP contribution < -0.4 is 0 Å². The van der Waals surface area contributed by atoms with Gasteiger partial charge in [0.2, 0.25) is 5.91 Å². The van der Waals surface area contributed by atoms with E-state index in [4.69, 9.17) is 16.0 Å². The maximum absolute atomic E-state index is 12.0. The average Bonchev–Trinajstić information content (AvgIpc) is 2.99. The molecule has 22 heavy (non-hydrogen) atoms. The number of nitrogens with zero attached hydrogens (tertiary/aromatic N) is 2. The van der Waals surface area contributed by atoms with Gasteiger partial charge in [0.1, 0.15) is 0 Å². The molecule has 1 heterocycles. The highest BCUT2D eigenvalue weighted by molar-refractivity contribution is 6.33. The molecule has 2 aromatic rings. The van der Waals surface area contributed by atoms with Gasteiger partial charge in [-0.1, -0.05) is 37.1 Å². The van der Waals surface area contributed by atoms with Gasteiger partial charge >= 0.3 is 0 Å². The minimum atomic E-state index is 0.117. The standard InChI is InChI=1S/C17H21ClN2O2/c1-3-4-11-20(2)17(21)10-9-16-19-12-15(22-16)13-7-5-6-8-14(13)18/h5-8,12H,3-4,9-11H2,1-2H3. The van der Waals surface area contributed by atoms with Crippen molar-refractivity contribution in [1.82, 2.24) is 9.88 Å². The third-order valence-electron chi connectivity index (χ3n) is 3.52. The fourth-order valence-electron chi connectivity index (χ4n) is 2.14. The third kappa shape index (κ3) is 4.34. The van der Waals surface area contributed by atoms with Crippen LogP contribution in [-0.4, -0.2) is 29.4 Å². The summed E-state index contributed by atoms with van der Waals surface area (Å²) in [6, 6.07) is 7.46. The summed E-state index contributed by atoms with van der Waals surface area (Å²) >= 11 is 6.14. The Labute approximate surface area is 136 Å². The van der Waals surface area contributed by atoms with Gasteiger partial charge in [-0.05, 0) is 18.6 Å². The second-order valence-corrected chi connectivity index (χ2v) is 5.67. The van der Waals surface area contributed by atoms with Crippen molar-refractivity contribution in [2.24, 2.45) is 0 Å². The maximum Gasteiger partial charge on any atom is 0.222 e. The molecule has 1 aromatic carbocycles. The first-order valence-corrected chi connectivity index (χ1v) is 7.93. The lowest BCUT2D eigenvalue weighted by atomic mass is 10.2. The van der Waals surface area contributed by atoms with Crippen LogP contribution in [0.15, 0.2) is 34.9 Å². The number of oxazole rings is 1. The summed E-state index contributed by atoms with van der Waals surface area (Å²) in [5, 5.41) is 0.626. The van der Waals surface area contributed by atoms with E-state index >= 15 is 0 Å². The van der Waals surface area contributed by atoms with Crippen molar-refractivity contribution >= 4 is 17.5 Å². The summed E-state index contributed by atoms with van der Waals surface area (Å²) in [5.74, 6) is 1.31. The Bertz CT molecular complexity index is 625. The summed E-state index contributed by atoms with van der Waals surface area (Å²) < 4.78 is 5.70. The van der Waals surface area contributed by atoms with Crippen LogP contribution in [0.25, 0.3) is 11.3 Å². The van der Waals surface area contributed by atoms with E-state index in [1.807, 2.05) is 31.3 Å². The first-order chi connectivity index (χ1) is 10.6. The van der Waals surface area contributed by atoms with E-state index in [0.29, 0.717) is 29.5 Å². The molecule has 0 spiro atoms. The van der Waals surface area contributed by atoms with E-state index < -0.39 is 0 Å². The number of hydrogen-bond donors (Lipinski definition) is 0. The third-order valence-corrected chi connectivity index (χ3v) is 3.85. The highest BCUT2D eigenvalue weighted by atomic mass is 35.5. The maximum atomic E-state index is 12.0. The molecule has 0 N–H and O–H groups in total. The van der Waals surface area contributed by atoms with E-state index in [2.05, 4.69) is 11.9 Å². The van der Waals surface area contributed by atoms with Crippen molar-refractivity contribution in [1.29, 1.82) is 0 Å². The lowest BCUT2D eigenvalue weighted by molar-refractivity contribution is -0.130. The van der Waals surface area contributed by atoms with E-state index in [9.17, 15) is 4.79 Å². The number of amides is 1. The van der Waals surface area contributed by atoms with E-state index in [1.54, 1.807) is 11.1 Å². The molecule has 2 rings (SSSR count). The van der Waals surface area contributed by atoms with Crippen molar-refractivity contribution < 1.29 is 9.21 Å². The molecule has 0 atom stereocenters. The SMILES string of the molecule is CCCCN(C)C(=O)CCc1ncc(-c2ccccc2Cl)o1. The Morgan fingerprint density at radius 3 is 2.86 bits per heavy atom. The number of rotatable bonds is 7. The van der Waals surface area contributed by atoms with Crippen LogP contribution in [-0.2, 0) is 11.2 Å². The predicted molar refractivity (Wildman–Crippen MR) is 87.8 cm³/mol. The van der Waals surface area contributed by atoms with E-state index in [0.717, 1.165) is 24.9 Å². The molecule has 0 radical (unpaired) electrons. The van der Waals surface area contributed by atoms with Crippen LogP contribution in [0, 0.1) is 0 Å². The minimum Gasteiger partial charge on any atom is -0.441 e. The first kappa shape index (κ1) is 16.6. The van der Waals surface area contributed by atoms with Crippen molar-refractivity contribution in [3.05, 3.63) is 41.4 Å². The van der Waals surface area contributed by atoms with Gasteiger partial charge < -0.3 is 9.32 Å². The highest BCUT2D eigenvalue weighted by Gasteiger charge is 2.13. The van der Waals surface area contributed by atoms with Gasteiger partial charge in [0.05, 0.1) is 11.2 Å². The van der Waals surface area contributed by atoms with Crippen LogP contribution >= 0.6 is 11.6 Å². The number of carbonyl (C=O) groups is 1. The van der Waals surface area contributed by atoms with Gasteiger partial charge in [-0.15, -0.1) is 0 Å². The molecule has 0 saturated heterocycles. The molecule has 0 fully saturated rings. The lowest BCUT2D eigenvalue weighted by Gasteiger charge is -2.15. The molecular weight excluding hydrogens is 300 g/mol. The van der Waals surface area contributed by atoms with Crippen LogP contribution in [0.4, 0.5) is 0 Å². The molecule has 4 nitrogen and oxygen atoms in total. The smallest absolute Gasteiger partial charge is 0.222 e. The van der Waals surface area contributed by atoms with Gasteiger partial charge in [-0.3, -0.25) is 4.79 Å². The van der Waals surface area contributed by atoms with Crippen molar-refractivity contribution in [3.63, 3.8) is 0 Å². The summed E-state index contributed by atoms with van der Waals surface area (Å²) in [6.45, 7) is 2.91. The molecule has 5 heteroatoms. The van der Waals surface area contributed by atoms with Crippen molar-refractivity contribution in [2.75, 3.05) is 13.6 Å². The molecular formula is C17H21ClN2O2. The van der Waals surface area contributed by atoms with Crippen LogP contribution in [0.3, 0.4) is 0 Å². The zero-order valence-corrected chi connectivity index (χ0v) is 13.8. The lowest BCUT2D eigenvalue weighted by Crippen LogP contribution is -2.27. The zero-order valence-electron chi connectivity index (χ0n) is 13.0. The minimum absolute atomic E-state index is 0.117. The summed E-state index contributed by atoms with van der Waals surface area (Å²) in [6.07, 6.45) is 4.67. The molecule has 0 aliphatic rings. The van der Waals surface area contributed by atoms with Crippen LogP contribution in [0.5, 0.6) is 0 Å². The molecule has 1 amide bonds. The van der Waals surface area contributed by atoms with Gasteiger partial charge in [0, 0.05) is 32.0 Å². The Morgan fingerprint density at radius 2 is 2.14 bits per heavy atom. The average molecular weight is 321 g/mol. The van der Waals surface area contributed by atoms with Crippen LogP contribution in [0.1, 0.15) is 32.1 Å². The molecule has 1 aromatic heterocycles. The monoisotopic (exact) mass is 320 g/mol. The molecule has 118 valence electrons. The fraction of sp³-hybridized carbons (Fsp3) is 0.412. The number of unbranched alkanes of at least 4 members (excludes halogenated alkanes) is 1. The van der Waals surface area contributed by atoms with E-state index in [-0.39, 0.29) is 5.91 Å². The second-order valence-electron chi connectivity index (χ2n) is 5.27. The molecule has 0 saturated carbocycles. The fourth-order valence-corrected chi connectivity index (χ4v) is 2.36. The number of aryl methyl sites for hydroxylation is 1. The number of aromatic nitrogens is 1. The Hall–Kier alpha value is -1.81. The Morgan fingerprint density at radius 1 is 1.36 bits per heavy atom. The van der Waals surface area contributed by atoms with Crippen molar-refractivity contribution in [2.45, 2.75) is 32.6 Å². The number of carbonyl (C=O) groups excluding carboxylic acids is 1. The molecule has 0 unspecified atom stereocenters. The summed E-state index contributed by atoms with van der Waals surface area (Å²) in [7, 11) is 1.84. The summed E-state index contributed by atoms with van der Waals surface area (Å²) in [4.78, 5) is 18.0. The van der Waals surface area contributed by atoms with Crippen LogP contribution in [0.2, 0.25) is 5.02 Å². The normalized spacial score (nSPS) is 10.7. The predicted octanol–water partition coefficient (Wildman–Crippen LogP) is 4.19. The molecule has 0 aliphatic heterocycles. The topological polar surface area (TPSA) is 46.3 Å². The summed E-state index contributed by atoms with van der Waals surface area (Å²) in [5.41, 5.74) is 0.814. The highest BCUT2D eigenvalue weighted by Crippen LogP contribution is 2.28. The largest absolute Gasteiger partial charge is 0.441 e. The van der Waals surface area contributed by atoms with E-state index in [1.165, 1.54) is 0 Å². The van der Waals surface area contributed by atoms with Gasteiger partial charge in [-0.25, -0.2) is 4.98 Å². The zero-order chi connectivity index (χ0) is 15.9. The molecule has 0 aliphatic carbocycles.